The lowest BCUT2D eigenvalue weighted by molar-refractivity contribution is -0.143. The summed E-state index contributed by atoms with van der Waals surface area (Å²) in [5, 5.41) is 8.97. The van der Waals surface area contributed by atoms with Crippen molar-refractivity contribution in [1.29, 1.82) is 0 Å². The van der Waals surface area contributed by atoms with Gasteiger partial charge in [0.1, 0.15) is 5.54 Å². The predicted molar refractivity (Wildman–Crippen MR) is 66.0 cm³/mol. The quantitative estimate of drug-likeness (QED) is 0.786. The highest BCUT2D eigenvalue weighted by Crippen LogP contribution is 2.26. The van der Waals surface area contributed by atoms with E-state index in [0.717, 1.165) is 8.04 Å². The predicted octanol–water partition coefficient (Wildman–Crippen LogP) is 2.31. The summed E-state index contributed by atoms with van der Waals surface area (Å²) in [5.41, 5.74) is 4.99. The zero-order chi connectivity index (χ0) is 10.9. The first-order chi connectivity index (χ1) is 6.35. The molecule has 3 N–H and O–H groups in total. The van der Waals surface area contributed by atoms with Crippen LogP contribution >= 0.6 is 38.5 Å². The van der Waals surface area contributed by atoms with Crippen LogP contribution in [0.1, 0.15) is 12.5 Å². The fraction of sp³-hybridized carbons (Fsp3) is 0.222. The lowest BCUT2D eigenvalue weighted by Crippen LogP contribution is -2.42. The largest absolute Gasteiger partial charge is 0.480 e. The van der Waals surface area contributed by atoms with Gasteiger partial charge in [0.2, 0.25) is 0 Å². The summed E-state index contributed by atoms with van der Waals surface area (Å²) in [7, 11) is 0. The van der Waals surface area contributed by atoms with Crippen LogP contribution in [-0.2, 0) is 10.3 Å². The molecule has 0 radical (unpaired) electrons. The van der Waals surface area contributed by atoms with E-state index in [9.17, 15) is 4.79 Å². The Hall–Kier alpha value is -0.140. The monoisotopic (exact) mass is 369 g/mol. The summed E-state index contributed by atoms with van der Waals surface area (Å²) in [6.45, 7) is 1.49. The summed E-state index contributed by atoms with van der Waals surface area (Å²) >= 11 is 5.36. The van der Waals surface area contributed by atoms with E-state index >= 15 is 0 Å². The van der Waals surface area contributed by atoms with Gasteiger partial charge >= 0.3 is 5.97 Å². The summed E-state index contributed by atoms with van der Waals surface area (Å²) in [5.74, 6) is -1.03. The highest BCUT2D eigenvalue weighted by molar-refractivity contribution is 14.1. The van der Waals surface area contributed by atoms with Crippen molar-refractivity contribution in [3.8, 4) is 0 Å². The number of halogens is 2. The highest BCUT2D eigenvalue weighted by atomic mass is 127. The zero-order valence-electron chi connectivity index (χ0n) is 7.42. The van der Waals surface area contributed by atoms with Crippen molar-refractivity contribution in [2.75, 3.05) is 0 Å². The topological polar surface area (TPSA) is 63.3 Å². The van der Waals surface area contributed by atoms with Crippen molar-refractivity contribution < 1.29 is 9.90 Å². The molecule has 0 amide bonds. The zero-order valence-corrected chi connectivity index (χ0v) is 11.2. The van der Waals surface area contributed by atoms with Crippen molar-refractivity contribution in [1.82, 2.24) is 0 Å². The van der Waals surface area contributed by atoms with E-state index in [4.69, 9.17) is 10.8 Å². The molecule has 0 heterocycles. The average molecular weight is 370 g/mol. The number of benzene rings is 1. The number of hydrogen-bond acceptors (Lipinski definition) is 2. The van der Waals surface area contributed by atoms with E-state index in [0.29, 0.717) is 5.56 Å². The molecule has 0 aliphatic heterocycles. The van der Waals surface area contributed by atoms with Crippen molar-refractivity contribution in [2.24, 2.45) is 5.73 Å². The fourth-order valence-corrected chi connectivity index (χ4v) is 2.27. The van der Waals surface area contributed by atoms with Crippen LogP contribution in [0.15, 0.2) is 22.7 Å². The Morgan fingerprint density at radius 2 is 2.21 bits per heavy atom. The molecule has 0 unspecified atom stereocenters. The minimum atomic E-state index is -1.35. The van der Waals surface area contributed by atoms with Gasteiger partial charge in [0.05, 0.1) is 0 Å². The molecule has 0 aromatic heterocycles. The molecule has 0 saturated heterocycles. The molecule has 76 valence electrons. The van der Waals surface area contributed by atoms with Crippen LogP contribution in [0.5, 0.6) is 0 Å². The second-order valence-corrected chi connectivity index (χ2v) is 5.21. The summed E-state index contributed by atoms with van der Waals surface area (Å²) in [4.78, 5) is 10.9. The van der Waals surface area contributed by atoms with Gasteiger partial charge in [0.25, 0.3) is 0 Å². The molecule has 0 fully saturated rings. The Balaban J connectivity index is 3.31. The van der Waals surface area contributed by atoms with Gasteiger partial charge in [-0.25, -0.2) is 4.79 Å². The summed E-state index contributed by atoms with van der Waals surface area (Å²) in [6, 6.07) is 5.41. The molecule has 5 heteroatoms. The molecule has 14 heavy (non-hydrogen) atoms. The van der Waals surface area contributed by atoms with Crippen LogP contribution in [0.2, 0.25) is 0 Å². The number of hydrogen-bond donors (Lipinski definition) is 2. The summed E-state index contributed by atoms with van der Waals surface area (Å²) in [6.07, 6.45) is 0. The molecule has 0 aliphatic carbocycles. The van der Waals surface area contributed by atoms with E-state index in [2.05, 4.69) is 38.5 Å². The number of aliphatic carboxylic acids is 1. The van der Waals surface area contributed by atoms with Gasteiger partial charge in [-0.1, -0.05) is 15.9 Å². The molecule has 1 rings (SSSR count). The van der Waals surface area contributed by atoms with Gasteiger partial charge < -0.3 is 10.8 Å². The molecule has 1 aromatic rings. The number of rotatable bonds is 2. The number of carboxylic acids is 1. The maximum atomic E-state index is 10.9. The van der Waals surface area contributed by atoms with E-state index in [1.165, 1.54) is 6.92 Å². The molecular weight excluding hydrogens is 361 g/mol. The van der Waals surface area contributed by atoms with Gasteiger partial charge in [-0.2, -0.15) is 0 Å². The van der Waals surface area contributed by atoms with Gasteiger partial charge in [0, 0.05) is 8.04 Å². The normalized spacial score (nSPS) is 14.9. The highest BCUT2D eigenvalue weighted by Gasteiger charge is 2.32. The van der Waals surface area contributed by atoms with Crippen LogP contribution < -0.4 is 5.73 Å². The molecule has 0 saturated carbocycles. The molecule has 1 atom stereocenters. The van der Waals surface area contributed by atoms with E-state index in [-0.39, 0.29) is 0 Å². The van der Waals surface area contributed by atoms with Crippen molar-refractivity contribution >= 4 is 44.5 Å². The Bertz CT molecular complexity index is 379. The van der Waals surface area contributed by atoms with Gasteiger partial charge in [-0.05, 0) is 53.3 Å². The average Bonchev–Trinajstić information content (AvgIpc) is 2.08. The maximum Gasteiger partial charge on any atom is 0.328 e. The Labute approximate surface area is 104 Å². The number of carboxylic acid groups (broad SMARTS) is 1. The van der Waals surface area contributed by atoms with Crippen molar-refractivity contribution in [3.63, 3.8) is 0 Å². The van der Waals surface area contributed by atoms with Crippen LogP contribution in [-0.4, -0.2) is 11.1 Å². The Morgan fingerprint density at radius 1 is 1.64 bits per heavy atom. The smallest absolute Gasteiger partial charge is 0.328 e. The first-order valence-corrected chi connectivity index (χ1v) is 5.70. The lowest BCUT2D eigenvalue weighted by Gasteiger charge is -2.21. The van der Waals surface area contributed by atoms with Gasteiger partial charge in [0.15, 0.2) is 0 Å². The third-order valence-corrected chi connectivity index (χ3v) is 3.37. The van der Waals surface area contributed by atoms with Gasteiger partial charge in [-0.3, -0.25) is 0 Å². The van der Waals surface area contributed by atoms with Crippen molar-refractivity contribution in [3.05, 3.63) is 31.8 Å². The van der Waals surface area contributed by atoms with Crippen LogP contribution in [0.25, 0.3) is 0 Å². The number of carbonyl (C=O) groups is 1. The third-order valence-electron chi connectivity index (χ3n) is 1.93. The van der Waals surface area contributed by atoms with E-state index in [1.807, 2.05) is 12.1 Å². The minimum Gasteiger partial charge on any atom is -0.480 e. The minimum absolute atomic E-state index is 0.611. The standard InChI is InChI=1S/C9H9BrINO2/c1-9(12,8(13)14)6-4-5(10)2-3-7(6)11/h2-4H,12H2,1H3,(H,13,14)/t9-/m1/s1. The second kappa shape index (κ2) is 4.16. The number of nitrogens with two attached hydrogens (primary N) is 1. The van der Waals surface area contributed by atoms with Crippen molar-refractivity contribution in [2.45, 2.75) is 12.5 Å². The molecule has 3 nitrogen and oxygen atoms in total. The maximum absolute atomic E-state index is 10.9. The molecule has 1 aromatic carbocycles. The van der Waals surface area contributed by atoms with Crippen LogP contribution in [0.4, 0.5) is 0 Å². The first kappa shape index (κ1) is 11.9. The molecular formula is C9H9BrINO2. The molecule has 0 spiro atoms. The lowest BCUT2D eigenvalue weighted by atomic mass is 9.94. The Morgan fingerprint density at radius 3 is 2.71 bits per heavy atom. The van der Waals surface area contributed by atoms with Crippen LogP contribution in [0, 0.1) is 3.57 Å². The SMILES string of the molecule is C[C@](N)(C(=O)O)c1cc(Br)ccc1I. The van der Waals surface area contributed by atoms with E-state index in [1.54, 1.807) is 6.07 Å². The third kappa shape index (κ3) is 2.26. The molecule has 0 bridgehead atoms. The van der Waals surface area contributed by atoms with Crippen LogP contribution in [0.3, 0.4) is 0 Å². The first-order valence-electron chi connectivity index (χ1n) is 3.83. The Kier molecular flexibility index (Phi) is 3.54. The van der Waals surface area contributed by atoms with Gasteiger partial charge in [-0.15, -0.1) is 0 Å². The van der Waals surface area contributed by atoms with E-state index < -0.39 is 11.5 Å². The fourth-order valence-electron chi connectivity index (χ4n) is 1.01. The second-order valence-electron chi connectivity index (χ2n) is 3.13. The summed E-state index contributed by atoms with van der Waals surface area (Å²) < 4.78 is 1.67. The molecule has 0 aliphatic rings.